The van der Waals surface area contributed by atoms with Crippen LogP contribution in [0.4, 0.5) is 0 Å². The number of rotatable bonds is 5. The molecule has 1 atom stereocenters. The maximum absolute atomic E-state index is 12.9. The van der Waals surface area contributed by atoms with Crippen molar-refractivity contribution in [1.82, 2.24) is 19.8 Å². The Morgan fingerprint density at radius 3 is 2.77 bits per heavy atom. The molecule has 1 spiro atoms. The number of amides is 2. The molecule has 0 aliphatic carbocycles. The van der Waals surface area contributed by atoms with Crippen LogP contribution < -0.4 is 0 Å². The maximum Gasteiger partial charge on any atom is 0.257 e. The molecule has 0 bridgehead atoms. The van der Waals surface area contributed by atoms with Crippen LogP contribution in [0.2, 0.25) is 0 Å². The summed E-state index contributed by atoms with van der Waals surface area (Å²) >= 11 is 1.45. The van der Waals surface area contributed by atoms with Gasteiger partial charge in [-0.15, -0.1) is 0 Å². The van der Waals surface area contributed by atoms with Crippen molar-refractivity contribution in [3.63, 3.8) is 0 Å². The monoisotopic (exact) mass is 378 g/mol. The van der Waals surface area contributed by atoms with Gasteiger partial charge >= 0.3 is 0 Å². The van der Waals surface area contributed by atoms with E-state index in [0.717, 1.165) is 25.8 Å². The van der Waals surface area contributed by atoms with Gasteiger partial charge in [-0.1, -0.05) is 11.8 Å². The quantitative estimate of drug-likeness (QED) is 0.573. The smallest absolute Gasteiger partial charge is 0.257 e. The number of likely N-dealkylation sites (tertiary alicyclic amines) is 2. The summed E-state index contributed by atoms with van der Waals surface area (Å²) in [5, 5.41) is 0.663. The average molecular weight is 378 g/mol. The van der Waals surface area contributed by atoms with Gasteiger partial charge in [-0.3, -0.25) is 9.59 Å². The van der Waals surface area contributed by atoms with Gasteiger partial charge in [0.15, 0.2) is 5.16 Å². The summed E-state index contributed by atoms with van der Waals surface area (Å²) in [5.74, 6) is 0.175. The summed E-state index contributed by atoms with van der Waals surface area (Å²) in [4.78, 5) is 37.3. The standard InChI is InChI=1S/C18H26N4O3S/c1-25-9-8-21-12-18(6-4-15(21)23)5-3-7-22(13-18)16(24)14-10-19-17(26-2)20-11-14/h10-11H,3-9,12-13H2,1-2H3/t18-/m0/s1. The number of methoxy groups -OCH3 is 1. The third-order valence-corrected chi connectivity index (χ3v) is 5.90. The number of aromatic nitrogens is 2. The van der Waals surface area contributed by atoms with E-state index in [1.807, 2.05) is 16.1 Å². The molecule has 0 saturated carbocycles. The lowest BCUT2D eigenvalue weighted by Gasteiger charge is -2.48. The molecule has 26 heavy (non-hydrogen) atoms. The van der Waals surface area contributed by atoms with E-state index in [-0.39, 0.29) is 17.2 Å². The number of thioether (sulfide) groups is 1. The Bertz CT molecular complexity index is 654. The van der Waals surface area contributed by atoms with E-state index < -0.39 is 0 Å². The second-order valence-corrected chi connectivity index (χ2v) is 7.87. The molecule has 1 aromatic heterocycles. The third-order valence-electron chi connectivity index (χ3n) is 5.32. The number of piperidine rings is 2. The van der Waals surface area contributed by atoms with Crippen LogP contribution in [0.15, 0.2) is 17.6 Å². The molecular formula is C18H26N4O3S. The van der Waals surface area contributed by atoms with Crippen LogP contribution in [-0.4, -0.2) is 77.7 Å². The Morgan fingerprint density at radius 1 is 1.31 bits per heavy atom. The zero-order valence-corrected chi connectivity index (χ0v) is 16.3. The van der Waals surface area contributed by atoms with Crippen LogP contribution in [-0.2, 0) is 9.53 Å². The van der Waals surface area contributed by atoms with Gasteiger partial charge in [0.1, 0.15) is 0 Å². The van der Waals surface area contributed by atoms with E-state index in [4.69, 9.17) is 4.74 Å². The van der Waals surface area contributed by atoms with Crippen LogP contribution in [0, 0.1) is 5.41 Å². The fourth-order valence-corrected chi connectivity index (χ4v) is 4.25. The zero-order valence-electron chi connectivity index (χ0n) is 15.4. The molecule has 2 saturated heterocycles. The number of carbonyl (C=O) groups is 2. The lowest BCUT2D eigenvalue weighted by Crippen LogP contribution is -2.55. The maximum atomic E-state index is 12.9. The highest BCUT2D eigenvalue weighted by Crippen LogP contribution is 2.39. The minimum atomic E-state index is -0.0166. The van der Waals surface area contributed by atoms with Gasteiger partial charge in [-0.25, -0.2) is 9.97 Å². The van der Waals surface area contributed by atoms with Crippen molar-refractivity contribution in [2.75, 3.05) is 46.2 Å². The van der Waals surface area contributed by atoms with E-state index >= 15 is 0 Å². The van der Waals surface area contributed by atoms with Crippen LogP contribution >= 0.6 is 11.8 Å². The van der Waals surface area contributed by atoms with Crippen LogP contribution in [0.5, 0.6) is 0 Å². The van der Waals surface area contributed by atoms with Crippen molar-refractivity contribution in [3.05, 3.63) is 18.0 Å². The Hall–Kier alpha value is -1.67. The Kier molecular flexibility index (Phi) is 6.13. The van der Waals surface area contributed by atoms with Crippen molar-refractivity contribution in [1.29, 1.82) is 0 Å². The highest BCUT2D eigenvalue weighted by molar-refractivity contribution is 7.98. The van der Waals surface area contributed by atoms with Crippen molar-refractivity contribution in [3.8, 4) is 0 Å². The van der Waals surface area contributed by atoms with E-state index in [1.165, 1.54) is 11.8 Å². The molecule has 2 amide bonds. The van der Waals surface area contributed by atoms with E-state index in [2.05, 4.69) is 9.97 Å². The minimum Gasteiger partial charge on any atom is -0.383 e. The predicted molar refractivity (Wildman–Crippen MR) is 99.1 cm³/mol. The number of nitrogens with zero attached hydrogens (tertiary/aromatic N) is 4. The van der Waals surface area contributed by atoms with Crippen LogP contribution in [0.1, 0.15) is 36.0 Å². The molecule has 2 fully saturated rings. The Morgan fingerprint density at radius 2 is 2.08 bits per heavy atom. The van der Waals surface area contributed by atoms with Gasteiger partial charge in [0.2, 0.25) is 5.91 Å². The van der Waals surface area contributed by atoms with Crippen molar-refractivity contribution in [2.45, 2.75) is 30.8 Å². The second-order valence-electron chi connectivity index (χ2n) is 7.10. The first-order chi connectivity index (χ1) is 12.6. The number of hydrogen-bond donors (Lipinski definition) is 0. The molecular weight excluding hydrogens is 352 g/mol. The Balaban J connectivity index is 1.69. The fraction of sp³-hybridized carbons (Fsp3) is 0.667. The molecule has 2 aliphatic heterocycles. The lowest BCUT2D eigenvalue weighted by molar-refractivity contribution is -0.139. The van der Waals surface area contributed by atoms with Gasteiger partial charge in [0, 0.05) is 57.5 Å². The average Bonchev–Trinajstić information content (AvgIpc) is 2.68. The number of carbonyl (C=O) groups excluding carboxylic acids is 2. The van der Waals surface area contributed by atoms with E-state index in [9.17, 15) is 9.59 Å². The van der Waals surface area contributed by atoms with Crippen LogP contribution in [0.3, 0.4) is 0 Å². The Labute approximate surface area is 158 Å². The van der Waals surface area contributed by atoms with Gasteiger partial charge in [-0.2, -0.15) is 0 Å². The van der Waals surface area contributed by atoms with Crippen molar-refractivity contribution in [2.24, 2.45) is 5.41 Å². The normalized spacial score (nSPS) is 23.5. The van der Waals surface area contributed by atoms with Gasteiger partial charge in [0.05, 0.1) is 12.2 Å². The zero-order chi connectivity index (χ0) is 18.6. The highest BCUT2D eigenvalue weighted by atomic mass is 32.2. The largest absolute Gasteiger partial charge is 0.383 e. The van der Waals surface area contributed by atoms with Crippen LogP contribution in [0.25, 0.3) is 0 Å². The SMILES string of the molecule is COCCN1C[C@]2(CCCN(C(=O)c3cnc(SC)nc3)C2)CCC1=O. The first-order valence-electron chi connectivity index (χ1n) is 8.99. The van der Waals surface area contributed by atoms with Gasteiger partial charge < -0.3 is 14.5 Å². The van der Waals surface area contributed by atoms with E-state index in [0.29, 0.717) is 43.4 Å². The summed E-state index contributed by atoms with van der Waals surface area (Å²) in [6, 6.07) is 0. The number of ether oxygens (including phenoxy) is 1. The molecule has 0 N–H and O–H groups in total. The molecule has 7 nitrogen and oxygen atoms in total. The fourth-order valence-electron chi connectivity index (χ4n) is 3.94. The molecule has 2 aliphatic rings. The molecule has 0 unspecified atom stereocenters. The summed E-state index contributed by atoms with van der Waals surface area (Å²) in [7, 11) is 1.65. The van der Waals surface area contributed by atoms with Crippen molar-refractivity contribution < 1.29 is 14.3 Å². The molecule has 0 aromatic carbocycles. The summed E-state index contributed by atoms with van der Waals surface area (Å²) in [6.45, 7) is 3.31. The molecule has 142 valence electrons. The topological polar surface area (TPSA) is 75.6 Å². The molecule has 0 radical (unpaired) electrons. The molecule has 1 aromatic rings. The lowest BCUT2D eigenvalue weighted by atomic mass is 9.73. The number of hydrogen-bond acceptors (Lipinski definition) is 6. The molecule has 8 heteroatoms. The van der Waals surface area contributed by atoms with Gasteiger partial charge in [-0.05, 0) is 25.5 Å². The molecule has 3 heterocycles. The molecule has 3 rings (SSSR count). The highest BCUT2D eigenvalue weighted by Gasteiger charge is 2.42. The second kappa shape index (κ2) is 8.35. The first-order valence-corrected chi connectivity index (χ1v) is 10.2. The summed E-state index contributed by atoms with van der Waals surface area (Å²) in [6.07, 6.45) is 8.54. The van der Waals surface area contributed by atoms with Crippen molar-refractivity contribution >= 4 is 23.6 Å². The van der Waals surface area contributed by atoms with E-state index in [1.54, 1.807) is 19.5 Å². The summed E-state index contributed by atoms with van der Waals surface area (Å²) < 4.78 is 5.13. The first kappa shape index (κ1) is 19.1. The van der Waals surface area contributed by atoms with Gasteiger partial charge in [0.25, 0.3) is 5.91 Å². The predicted octanol–water partition coefficient (Wildman–Crippen LogP) is 1.69. The summed E-state index contributed by atoms with van der Waals surface area (Å²) in [5.41, 5.74) is 0.526. The minimum absolute atomic E-state index is 0.00434. The third kappa shape index (κ3) is 4.17.